The lowest BCUT2D eigenvalue weighted by Gasteiger charge is -2.09. The van der Waals surface area contributed by atoms with E-state index in [0.29, 0.717) is 12.1 Å². The number of nitrogens with one attached hydrogen (secondary N) is 2. The van der Waals surface area contributed by atoms with E-state index in [1.54, 1.807) is 0 Å². The second kappa shape index (κ2) is 7.38. The van der Waals surface area contributed by atoms with Crippen molar-refractivity contribution < 1.29 is 4.74 Å². The normalized spacial score (nSPS) is 10.7. The van der Waals surface area contributed by atoms with Gasteiger partial charge in [0, 0.05) is 23.3 Å². The van der Waals surface area contributed by atoms with Crippen LogP contribution in [0.1, 0.15) is 11.1 Å². The molecule has 134 valence electrons. The molecule has 0 saturated carbocycles. The molecule has 27 heavy (non-hydrogen) atoms. The van der Waals surface area contributed by atoms with Crippen LogP contribution in [-0.4, -0.2) is 4.98 Å². The van der Waals surface area contributed by atoms with Gasteiger partial charge < -0.3 is 15.0 Å². The molecule has 1 heterocycles. The van der Waals surface area contributed by atoms with Gasteiger partial charge >= 0.3 is 0 Å². The lowest BCUT2D eigenvalue weighted by atomic mass is 10.1. The zero-order valence-corrected chi connectivity index (χ0v) is 15.0. The van der Waals surface area contributed by atoms with E-state index in [4.69, 9.17) is 4.74 Å². The molecule has 0 unspecified atom stereocenters. The predicted molar refractivity (Wildman–Crippen MR) is 110 cm³/mol. The summed E-state index contributed by atoms with van der Waals surface area (Å²) in [6.07, 6.45) is 0. The zero-order chi connectivity index (χ0) is 18.6. The predicted octanol–water partition coefficient (Wildman–Crippen LogP) is 5.24. The molecule has 0 amide bonds. The Morgan fingerprint density at radius 1 is 0.889 bits per heavy atom. The molecule has 4 aromatic rings. The SMILES string of the molecule is Cc1ccc2cc(CNc3ccc(Oc4ccccc4)cc3)c(=O)[nH]c2c1. The van der Waals surface area contributed by atoms with Crippen molar-refractivity contribution in [2.75, 3.05) is 5.32 Å². The number of hydrogen-bond acceptors (Lipinski definition) is 3. The van der Waals surface area contributed by atoms with E-state index in [1.165, 1.54) is 0 Å². The number of anilines is 1. The highest BCUT2D eigenvalue weighted by molar-refractivity contribution is 5.79. The molecule has 0 aliphatic heterocycles. The van der Waals surface area contributed by atoms with Gasteiger partial charge in [-0.05, 0) is 66.4 Å². The van der Waals surface area contributed by atoms with E-state index >= 15 is 0 Å². The molecule has 0 fully saturated rings. The van der Waals surface area contributed by atoms with Crippen LogP contribution in [0.4, 0.5) is 5.69 Å². The number of benzene rings is 3. The Morgan fingerprint density at radius 2 is 1.63 bits per heavy atom. The molecule has 4 heteroatoms. The number of aromatic amines is 1. The molecule has 0 spiro atoms. The van der Waals surface area contributed by atoms with Crippen molar-refractivity contribution in [2.24, 2.45) is 0 Å². The van der Waals surface area contributed by atoms with Crippen molar-refractivity contribution >= 4 is 16.6 Å². The maximum absolute atomic E-state index is 12.3. The van der Waals surface area contributed by atoms with E-state index in [9.17, 15) is 4.79 Å². The zero-order valence-electron chi connectivity index (χ0n) is 15.0. The maximum Gasteiger partial charge on any atom is 0.253 e. The molecular weight excluding hydrogens is 336 g/mol. The van der Waals surface area contributed by atoms with Crippen molar-refractivity contribution in [3.63, 3.8) is 0 Å². The molecule has 1 aromatic heterocycles. The standard InChI is InChI=1S/C23H20N2O2/c1-16-7-8-17-14-18(23(26)25-22(17)13-16)15-24-19-9-11-21(12-10-19)27-20-5-3-2-4-6-20/h2-14,24H,15H2,1H3,(H,25,26). The first-order chi connectivity index (χ1) is 13.2. The highest BCUT2D eigenvalue weighted by Crippen LogP contribution is 2.23. The minimum Gasteiger partial charge on any atom is -0.457 e. The topological polar surface area (TPSA) is 54.1 Å². The summed E-state index contributed by atoms with van der Waals surface area (Å²) in [6, 6.07) is 25.4. The first-order valence-electron chi connectivity index (χ1n) is 8.87. The van der Waals surface area contributed by atoms with Crippen LogP contribution < -0.4 is 15.6 Å². The molecule has 0 bridgehead atoms. The summed E-state index contributed by atoms with van der Waals surface area (Å²) in [5.41, 5.74) is 3.56. The van der Waals surface area contributed by atoms with E-state index in [2.05, 4.69) is 10.3 Å². The first-order valence-corrected chi connectivity index (χ1v) is 8.87. The lowest BCUT2D eigenvalue weighted by molar-refractivity contribution is 0.483. The van der Waals surface area contributed by atoms with E-state index < -0.39 is 0 Å². The fourth-order valence-electron chi connectivity index (χ4n) is 2.95. The molecule has 0 saturated heterocycles. The number of rotatable bonds is 5. The summed E-state index contributed by atoms with van der Waals surface area (Å²) < 4.78 is 5.79. The monoisotopic (exact) mass is 356 g/mol. The second-order valence-corrected chi connectivity index (χ2v) is 6.51. The molecule has 4 rings (SSSR count). The number of aryl methyl sites for hydroxylation is 1. The quantitative estimate of drug-likeness (QED) is 0.514. The summed E-state index contributed by atoms with van der Waals surface area (Å²) in [7, 11) is 0. The molecule has 0 radical (unpaired) electrons. The Hall–Kier alpha value is -3.53. The number of hydrogen-bond donors (Lipinski definition) is 2. The van der Waals surface area contributed by atoms with E-state index in [0.717, 1.165) is 33.7 Å². The smallest absolute Gasteiger partial charge is 0.253 e. The van der Waals surface area contributed by atoms with E-state index in [1.807, 2.05) is 85.8 Å². The first kappa shape index (κ1) is 16.9. The summed E-state index contributed by atoms with van der Waals surface area (Å²) >= 11 is 0. The summed E-state index contributed by atoms with van der Waals surface area (Å²) in [4.78, 5) is 15.3. The average molecular weight is 356 g/mol. The van der Waals surface area contributed by atoms with Crippen LogP contribution in [0.2, 0.25) is 0 Å². The second-order valence-electron chi connectivity index (χ2n) is 6.51. The molecule has 0 aliphatic rings. The number of fused-ring (bicyclic) bond motifs is 1. The van der Waals surface area contributed by atoms with Gasteiger partial charge in [0.25, 0.3) is 5.56 Å². The Kier molecular flexibility index (Phi) is 4.62. The lowest BCUT2D eigenvalue weighted by Crippen LogP contribution is -2.15. The third-order valence-corrected chi connectivity index (χ3v) is 4.39. The number of ether oxygens (including phenoxy) is 1. The van der Waals surface area contributed by atoms with Crippen molar-refractivity contribution in [3.8, 4) is 11.5 Å². The van der Waals surface area contributed by atoms with Gasteiger partial charge in [0.15, 0.2) is 0 Å². The number of H-pyrrole nitrogens is 1. The van der Waals surface area contributed by atoms with Crippen LogP contribution in [0.15, 0.2) is 83.7 Å². The third kappa shape index (κ3) is 4.01. The Balaban J connectivity index is 1.45. The van der Waals surface area contributed by atoms with E-state index in [-0.39, 0.29) is 5.56 Å². The van der Waals surface area contributed by atoms with Gasteiger partial charge in [-0.1, -0.05) is 30.3 Å². The summed E-state index contributed by atoms with van der Waals surface area (Å²) in [5.74, 6) is 1.57. The largest absolute Gasteiger partial charge is 0.457 e. The third-order valence-electron chi connectivity index (χ3n) is 4.39. The van der Waals surface area contributed by atoms with Gasteiger partial charge in [-0.2, -0.15) is 0 Å². The van der Waals surface area contributed by atoms with Crippen LogP contribution in [0.3, 0.4) is 0 Å². The van der Waals surface area contributed by atoms with Gasteiger partial charge in [-0.3, -0.25) is 4.79 Å². The van der Waals surface area contributed by atoms with Gasteiger partial charge in [0.1, 0.15) is 11.5 Å². The van der Waals surface area contributed by atoms with Gasteiger partial charge in [-0.15, -0.1) is 0 Å². The highest BCUT2D eigenvalue weighted by atomic mass is 16.5. The van der Waals surface area contributed by atoms with Crippen LogP contribution >= 0.6 is 0 Å². The van der Waals surface area contributed by atoms with Crippen molar-refractivity contribution in [2.45, 2.75) is 13.5 Å². The molecule has 3 aromatic carbocycles. The Morgan fingerprint density at radius 3 is 2.41 bits per heavy atom. The molecule has 0 aliphatic carbocycles. The van der Waals surface area contributed by atoms with Crippen molar-refractivity contribution in [1.82, 2.24) is 4.98 Å². The average Bonchev–Trinajstić information content (AvgIpc) is 2.68. The number of pyridine rings is 1. The fourth-order valence-corrected chi connectivity index (χ4v) is 2.95. The van der Waals surface area contributed by atoms with Crippen molar-refractivity contribution in [3.05, 3.63) is 100 Å². The minimum atomic E-state index is -0.0652. The van der Waals surface area contributed by atoms with Gasteiger partial charge in [0.2, 0.25) is 0 Å². The molecule has 0 atom stereocenters. The van der Waals surface area contributed by atoms with Gasteiger partial charge in [-0.25, -0.2) is 0 Å². The maximum atomic E-state index is 12.3. The van der Waals surface area contributed by atoms with Crippen LogP contribution in [0.5, 0.6) is 11.5 Å². The van der Waals surface area contributed by atoms with Crippen molar-refractivity contribution in [1.29, 1.82) is 0 Å². The number of para-hydroxylation sites is 1. The Bertz CT molecular complexity index is 1120. The Labute approximate surface area is 157 Å². The molecular formula is C23H20N2O2. The van der Waals surface area contributed by atoms with Crippen LogP contribution in [0, 0.1) is 6.92 Å². The molecule has 2 N–H and O–H groups in total. The summed E-state index contributed by atoms with van der Waals surface area (Å²) in [6.45, 7) is 2.47. The van der Waals surface area contributed by atoms with Crippen LogP contribution in [-0.2, 0) is 6.54 Å². The molecule has 4 nitrogen and oxygen atoms in total. The number of aromatic nitrogens is 1. The summed E-state index contributed by atoms with van der Waals surface area (Å²) in [5, 5.41) is 4.32. The van der Waals surface area contributed by atoms with Gasteiger partial charge in [0.05, 0.1) is 0 Å². The fraction of sp³-hybridized carbons (Fsp3) is 0.0870. The highest BCUT2D eigenvalue weighted by Gasteiger charge is 2.04. The van der Waals surface area contributed by atoms with Crippen LogP contribution in [0.25, 0.3) is 10.9 Å². The minimum absolute atomic E-state index is 0.0652.